The number of aliphatic hydroxyl groups excluding tert-OH is 1. The highest BCUT2D eigenvalue weighted by atomic mass is 32.2. The Hall–Kier alpha value is -0.940. The van der Waals surface area contributed by atoms with Gasteiger partial charge in [-0.05, 0) is 42.9 Å². The van der Waals surface area contributed by atoms with Crippen LogP contribution in [-0.2, 0) is 16.3 Å². The van der Waals surface area contributed by atoms with Crippen LogP contribution in [0.5, 0.6) is 0 Å². The summed E-state index contributed by atoms with van der Waals surface area (Å²) in [5.74, 6) is 0.0777. The van der Waals surface area contributed by atoms with E-state index in [0.29, 0.717) is 19.3 Å². The zero-order valence-corrected chi connectivity index (χ0v) is 12.0. The normalized spacial score (nSPS) is 13.4. The summed E-state index contributed by atoms with van der Waals surface area (Å²) in [4.78, 5) is 0. The molecule has 19 heavy (non-hydrogen) atoms. The van der Waals surface area contributed by atoms with Crippen molar-refractivity contribution in [3.63, 3.8) is 0 Å². The van der Waals surface area contributed by atoms with Gasteiger partial charge in [0.25, 0.3) is 0 Å². The Morgan fingerprint density at radius 3 is 2.42 bits per heavy atom. The highest BCUT2D eigenvalue weighted by molar-refractivity contribution is 7.91. The third kappa shape index (κ3) is 6.16. The van der Waals surface area contributed by atoms with Gasteiger partial charge in [-0.15, -0.1) is 0 Å². The summed E-state index contributed by atoms with van der Waals surface area (Å²) in [7, 11) is -2.93. The minimum atomic E-state index is -2.93. The average molecular weight is 288 g/mol. The molecule has 108 valence electrons. The topological polar surface area (TPSA) is 54.4 Å². The molecule has 1 unspecified atom stereocenters. The molecule has 1 aromatic rings. The minimum absolute atomic E-state index is 0.0174. The van der Waals surface area contributed by atoms with Crippen LogP contribution in [0.1, 0.15) is 25.3 Å². The fourth-order valence-electron chi connectivity index (χ4n) is 1.95. The van der Waals surface area contributed by atoms with E-state index in [-0.39, 0.29) is 29.8 Å². The Morgan fingerprint density at radius 2 is 1.89 bits per heavy atom. The smallest absolute Gasteiger partial charge is 0.150 e. The summed E-state index contributed by atoms with van der Waals surface area (Å²) in [5, 5.41) is 9.31. The standard InChI is InChI=1S/C14H21FO3S/c1-2-19(17,18)9-3-4-13(11-16)10-12-5-7-14(15)8-6-12/h5-8,13,16H,2-4,9-11H2,1H3. The first-order chi connectivity index (χ1) is 8.96. The van der Waals surface area contributed by atoms with E-state index in [0.717, 1.165) is 5.56 Å². The Morgan fingerprint density at radius 1 is 1.26 bits per heavy atom. The van der Waals surface area contributed by atoms with Crippen molar-refractivity contribution in [1.29, 1.82) is 0 Å². The summed E-state index contributed by atoms with van der Waals surface area (Å²) in [6.07, 6.45) is 1.86. The molecule has 0 bridgehead atoms. The van der Waals surface area contributed by atoms with Crippen LogP contribution in [0.25, 0.3) is 0 Å². The number of aliphatic hydroxyl groups is 1. The van der Waals surface area contributed by atoms with Crippen LogP contribution in [0.15, 0.2) is 24.3 Å². The van der Waals surface area contributed by atoms with Gasteiger partial charge in [-0.2, -0.15) is 0 Å². The van der Waals surface area contributed by atoms with Gasteiger partial charge in [0.15, 0.2) is 0 Å². The molecule has 0 saturated heterocycles. The predicted molar refractivity (Wildman–Crippen MR) is 74.2 cm³/mol. The number of halogens is 1. The Labute approximate surface area is 114 Å². The third-order valence-electron chi connectivity index (χ3n) is 3.20. The van der Waals surface area contributed by atoms with Gasteiger partial charge in [0, 0.05) is 12.4 Å². The van der Waals surface area contributed by atoms with Crippen LogP contribution < -0.4 is 0 Å². The molecule has 0 heterocycles. The van der Waals surface area contributed by atoms with Gasteiger partial charge in [-0.25, -0.2) is 12.8 Å². The highest BCUT2D eigenvalue weighted by Gasteiger charge is 2.12. The van der Waals surface area contributed by atoms with Crippen molar-refractivity contribution in [3.8, 4) is 0 Å². The van der Waals surface area contributed by atoms with Crippen LogP contribution in [0.4, 0.5) is 4.39 Å². The lowest BCUT2D eigenvalue weighted by molar-refractivity contribution is 0.217. The molecule has 1 rings (SSSR count). The summed E-state index contributed by atoms with van der Waals surface area (Å²) in [5.41, 5.74) is 0.957. The molecule has 0 amide bonds. The molecule has 0 spiro atoms. The fourth-order valence-corrected chi connectivity index (χ4v) is 2.84. The summed E-state index contributed by atoms with van der Waals surface area (Å²) in [6.45, 7) is 1.65. The molecule has 0 aliphatic rings. The summed E-state index contributed by atoms with van der Waals surface area (Å²) >= 11 is 0. The quantitative estimate of drug-likeness (QED) is 0.798. The van der Waals surface area contributed by atoms with Crippen LogP contribution in [0, 0.1) is 11.7 Å². The lowest BCUT2D eigenvalue weighted by Gasteiger charge is -2.14. The number of rotatable bonds is 8. The van der Waals surface area contributed by atoms with Crippen molar-refractivity contribution < 1.29 is 17.9 Å². The Balaban J connectivity index is 2.44. The summed E-state index contributed by atoms with van der Waals surface area (Å²) in [6, 6.07) is 6.18. The molecule has 3 nitrogen and oxygen atoms in total. The zero-order valence-electron chi connectivity index (χ0n) is 11.2. The van der Waals surface area contributed by atoms with Crippen LogP contribution in [-0.4, -0.2) is 31.6 Å². The zero-order chi connectivity index (χ0) is 14.3. The molecule has 0 fully saturated rings. The molecular formula is C14H21FO3S. The second kappa shape index (κ2) is 7.60. The minimum Gasteiger partial charge on any atom is -0.396 e. The molecule has 0 radical (unpaired) electrons. The van der Waals surface area contributed by atoms with Crippen LogP contribution in [0.2, 0.25) is 0 Å². The second-order valence-corrected chi connectivity index (χ2v) is 7.23. The number of hydrogen-bond donors (Lipinski definition) is 1. The van der Waals surface area contributed by atoms with Crippen molar-refractivity contribution in [3.05, 3.63) is 35.6 Å². The van der Waals surface area contributed by atoms with Gasteiger partial charge in [0.2, 0.25) is 0 Å². The van der Waals surface area contributed by atoms with Crippen LogP contribution >= 0.6 is 0 Å². The van der Waals surface area contributed by atoms with Gasteiger partial charge >= 0.3 is 0 Å². The second-order valence-electron chi connectivity index (χ2n) is 4.76. The molecule has 0 saturated carbocycles. The lowest BCUT2D eigenvalue weighted by atomic mass is 9.96. The van der Waals surface area contributed by atoms with E-state index < -0.39 is 9.84 Å². The first-order valence-electron chi connectivity index (χ1n) is 6.52. The van der Waals surface area contributed by atoms with Gasteiger partial charge in [-0.3, -0.25) is 0 Å². The average Bonchev–Trinajstić information content (AvgIpc) is 2.40. The Bertz CT molecular complexity index is 468. The first-order valence-corrected chi connectivity index (χ1v) is 8.34. The molecule has 0 aliphatic carbocycles. The van der Waals surface area contributed by atoms with E-state index in [1.807, 2.05) is 0 Å². The SMILES string of the molecule is CCS(=O)(=O)CCCC(CO)Cc1ccc(F)cc1. The van der Waals surface area contributed by atoms with Gasteiger partial charge in [0.05, 0.1) is 5.75 Å². The maximum Gasteiger partial charge on any atom is 0.150 e. The summed E-state index contributed by atoms with van der Waals surface area (Å²) < 4.78 is 35.5. The number of benzene rings is 1. The molecule has 1 atom stereocenters. The Kier molecular flexibility index (Phi) is 6.45. The molecular weight excluding hydrogens is 267 g/mol. The maximum absolute atomic E-state index is 12.8. The van der Waals surface area contributed by atoms with Gasteiger partial charge < -0.3 is 5.11 Å². The third-order valence-corrected chi connectivity index (χ3v) is 4.99. The van der Waals surface area contributed by atoms with E-state index in [4.69, 9.17) is 0 Å². The van der Waals surface area contributed by atoms with E-state index in [1.54, 1.807) is 19.1 Å². The molecule has 0 aromatic heterocycles. The number of sulfone groups is 1. The largest absolute Gasteiger partial charge is 0.396 e. The molecule has 5 heteroatoms. The van der Waals surface area contributed by atoms with Crippen molar-refractivity contribution in [2.24, 2.45) is 5.92 Å². The van der Waals surface area contributed by atoms with E-state index in [2.05, 4.69) is 0 Å². The predicted octanol–water partition coefficient (Wildman–Crippen LogP) is 2.19. The molecule has 1 N–H and O–H groups in total. The van der Waals surface area contributed by atoms with Gasteiger partial charge in [-0.1, -0.05) is 19.1 Å². The van der Waals surface area contributed by atoms with Crippen molar-refractivity contribution >= 4 is 9.84 Å². The van der Waals surface area contributed by atoms with E-state index >= 15 is 0 Å². The maximum atomic E-state index is 12.8. The van der Waals surface area contributed by atoms with E-state index in [1.165, 1.54) is 12.1 Å². The lowest BCUT2D eigenvalue weighted by Crippen LogP contribution is -2.14. The molecule has 1 aromatic carbocycles. The van der Waals surface area contributed by atoms with Gasteiger partial charge in [0.1, 0.15) is 15.7 Å². The monoisotopic (exact) mass is 288 g/mol. The van der Waals surface area contributed by atoms with Crippen LogP contribution in [0.3, 0.4) is 0 Å². The fraction of sp³-hybridized carbons (Fsp3) is 0.571. The van der Waals surface area contributed by atoms with Crippen molar-refractivity contribution in [2.75, 3.05) is 18.1 Å². The van der Waals surface area contributed by atoms with Crippen molar-refractivity contribution in [2.45, 2.75) is 26.2 Å². The van der Waals surface area contributed by atoms with Crippen molar-refractivity contribution in [1.82, 2.24) is 0 Å². The molecule has 0 aliphatic heterocycles. The first kappa shape index (κ1) is 16.1. The highest BCUT2D eigenvalue weighted by Crippen LogP contribution is 2.15. The van der Waals surface area contributed by atoms with E-state index in [9.17, 15) is 17.9 Å². The number of hydrogen-bond acceptors (Lipinski definition) is 3.